The van der Waals surface area contributed by atoms with E-state index in [4.69, 9.17) is 4.74 Å². The summed E-state index contributed by atoms with van der Waals surface area (Å²) in [7, 11) is 1.35. The Kier molecular flexibility index (Phi) is 7.27. The van der Waals surface area contributed by atoms with Gasteiger partial charge in [-0.2, -0.15) is 0 Å². The summed E-state index contributed by atoms with van der Waals surface area (Å²) < 4.78 is 4.82. The lowest BCUT2D eigenvalue weighted by Crippen LogP contribution is -2.44. The van der Waals surface area contributed by atoms with Gasteiger partial charge in [-0.3, -0.25) is 4.79 Å². The average molecular weight is 319 g/mol. The number of ether oxygens (including phenoxy) is 1. The van der Waals surface area contributed by atoms with E-state index in [1.165, 1.54) is 7.11 Å². The van der Waals surface area contributed by atoms with Gasteiger partial charge in [-0.25, -0.2) is 4.79 Å². The molecule has 128 valence electrons. The average Bonchev–Trinajstić information content (AvgIpc) is 2.50. The van der Waals surface area contributed by atoms with Gasteiger partial charge in [0.2, 0.25) is 5.91 Å². The number of hydrogen-bond acceptors (Lipinski definition) is 3. The van der Waals surface area contributed by atoms with Crippen molar-refractivity contribution in [3.05, 3.63) is 35.9 Å². The zero-order valence-corrected chi connectivity index (χ0v) is 14.9. The number of carbonyl (C=O) groups excluding carboxylic acids is 2. The van der Waals surface area contributed by atoms with Gasteiger partial charge < -0.3 is 10.1 Å². The number of amides is 1. The van der Waals surface area contributed by atoms with Crippen LogP contribution >= 0.6 is 0 Å². The molecule has 0 radical (unpaired) electrons. The number of methoxy groups -OCH3 is 1. The highest BCUT2D eigenvalue weighted by atomic mass is 16.5. The minimum Gasteiger partial charge on any atom is -0.467 e. The molecule has 0 aliphatic rings. The Balaban J connectivity index is 2.72. The second-order valence-electron chi connectivity index (χ2n) is 7.13. The first-order valence-corrected chi connectivity index (χ1v) is 8.19. The maximum Gasteiger partial charge on any atom is 0.328 e. The van der Waals surface area contributed by atoms with Crippen molar-refractivity contribution in [2.45, 2.75) is 58.9 Å². The number of carbonyl (C=O) groups is 2. The van der Waals surface area contributed by atoms with E-state index in [0.717, 1.165) is 12.0 Å². The molecule has 0 fully saturated rings. The fourth-order valence-electron chi connectivity index (χ4n) is 2.65. The normalized spacial score (nSPS) is 14.0. The van der Waals surface area contributed by atoms with Gasteiger partial charge in [-0.15, -0.1) is 0 Å². The minimum absolute atomic E-state index is 0.0737. The fraction of sp³-hybridized carbons (Fsp3) is 0.579. The van der Waals surface area contributed by atoms with Crippen molar-refractivity contribution in [3.63, 3.8) is 0 Å². The Morgan fingerprint density at radius 3 is 2.26 bits per heavy atom. The van der Waals surface area contributed by atoms with Crippen molar-refractivity contribution in [2.75, 3.05) is 7.11 Å². The van der Waals surface area contributed by atoms with Crippen LogP contribution in [0.1, 0.15) is 58.4 Å². The van der Waals surface area contributed by atoms with Gasteiger partial charge in [0.05, 0.1) is 7.11 Å². The van der Waals surface area contributed by atoms with E-state index in [-0.39, 0.29) is 23.2 Å². The molecule has 0 aromatic heterocycles. The van der Waals surface area contributed by atoms with E-state index in [1.54, 1.807) is 0 Å². The molecular weight excluding hydrogens is 290 g/mol. The molecule has 0 bridgehead atoms. The molecule has 1 aromatic rings. The van der Waals surface area contributed by atoms with Gasteiger partial charge in [-0.1, -0.05) is 58.0 Å². The molecule has 0 aliphatic carbocycles. The largest absolute Gasteiger partial charge is 0.467 e. The van der Waals surface area contributed by atoms with Crippen LogP contribution in [-0.2, 0) is 14.3 Å². The van der Waals surface area contributed by atoms with Crippen LogP contribution in [-0.4, -0.2) is 25.0 Å². The molecule has 23 heavy (non-hydrogen) atoms. The molecule has 1 aromatic carbocycles. The van der Waals surface area contributed by atoms with Crippen LogP contribution in [0.2, 0.25) is 0 Å². The number of benzene rings is 1. The SMILES string of the molecule is CCC(CC(=O)N[C@@H](CC(C)(C)C)C(=O)OC)c1ccccc1. The summed E-state index contributed by atoms with van der Waals surface area (Å²) in [6.45, 7) is 8.17. The Labute approximate surface area is 139 Å². The van der Waals surface area contributed by atoms with E-state index < -0.39 is 6.04 Å². The Morgan fingerprint density at radius 1 is 1.17 bits per heavy atom. The second kappa shape index (κ2) is 8.70. The summed E-state index contributed by atoms with van der Waals surface area (Å²) in [6.07, 6.45) is 1.80. The van der Waals surface area contributed by atoms with Gasteiger partial charge in [0.25, 0.3) is 0 Å². The van der Waals surface area contributed by atoms with Crippen molar-refractivity contribution >= 4 is 11.9 Å². The standard InChI is InChI=1S/C19H29NO3/c1-6-14(15-10-8-7-9-11-15)12-17(21)20-16(18(22)23-5)13-19(2,3)4/h7-11,14,16H,6,12-13H2,1-5H3,(H,20,21)/t14?,16-/m0/s1. The van der Waals surface area contributed by atoms with Crippen LogP contribution in [0.4, 0.5) is 0 Å². The Bertz CT molecular complexity index is 505. The first-order chi connectivity index (χ1) is 10.8. The quantitative estimate of drug-likeness (QED) is 0.780. The number of esters is 1. The van der Waals surface area contributed by atoms with Crippen LogP contribution in [0.25, 0.3) is 0 Å². The van der Waals surface area contributed by atoms with Gasteiger partial charge >= 0.3 is 5.97 Å². The topological polar surface area (TPSA) is 55.4 Å². The smallest absolute Gasteiger partial charge is 0.328 e. The van der Waals surface area contributed by atoms with Crippen LogP contribution < -0.4 is 5.32 Å². The van der Waals surface area contributed by atoms with E-state index in [2.05, 4.69) is 12.2 Å². The zero-order chi connectivity index (χ0) is 17.5. The Hall–Kier alpha value is -1.84. The summed E-state index contributed by atoms with van der Waals surface area (Å²) >= 11 is 0. The molecule has 1 N–H and O–H groups in total. The number of nitrogens with one attached hydrogen (secondary N) is 1. The van der Waals surface area contributed by atoms with Crippen molar-refractivity contribution in [1.82, 2.24) is 5.32 Å². The first-order valence-electron chi connectivity index (χ1n) is 8.19. The highest BCUT2D eigenvalue weighted by Gasteiger charge is 2.27. The summed E-state index contributed by atoms with van der Waals surface area (Å²) in [4.78, 5) is 24.3. The summed E-state index contributed by atoms with van der Waals surface area (Å²) in [5.41, 5.74) is 1.08. The van der Waals surface area contributed by atoms with Crippen LogP contribution in [0.3, 0.4) is 0 Å². The van der Waals surface area contributed by atoms with Crippen molar-refractivity contribution in [1.29, 1.82) is 0 Å². The van der Waals surface area contributed by atoms with Gasteiger partial charge in [0, 0.05) is 6.42 Å². The third-order valence-electron chi connectivity index (χ3n) is 3.83. The second-order valence-corrected chi connectivity index (χ2v) is 7.13. The van der Waals surface area contributed by atoms with E-state index >= 15 is 0 Å². The first kappa shape index (κ1) is 19.2. The predicted octanol–water partition coefficient (Wildman–Crippen LogP) is 3.66. The van der Waals surface area contributed by atoms with Crippen molar-refractivity contribution < 1.29 is 14.3 Å². The van der Waals surface area contributed by atoms with Crippen molar-refractivity contribution in [3.8, 4) is 0 Å². The predicted molar refractivity (Wildman–Crippen MR) is 92.1 cm³/mol. The maximum atomic E-state index is 12.4. The van der Waals surface area contributed by atoms with Crippen LogP contribution in [0, 0.1) is 5.41 Å². The molecule has 4 nitrogen and oxygen atoms in total. The van der Waals surface area contributed by atoms with E-state index in [1.807, 2.05) is 51.1 Å². The molecule has 0 spiro atoms. The van der Waals surface area contributed by atoms with Gasteiger partial charge in [0.1, 0.15) is 6.04 Å². The third kappa shape index (κ3) is 6.85. The molecule has 1 unspecified atom stereocenters. The Morgan fingerprint density at radius 2 is 1.78 bits per heavy atom. The monoisotopic (exact) mass is 319 g/mol. The van der Waals surface area contributed by atoms with Gasteiger partial charge in [-0.05, 0) is 29.7 Å². The maximum absolute atomic E-state index is 12.4. The molecule has 1 amide bonds. The minimum atomic E-state index is -0.597. The highest BCUT2D eigenvalue weighted by molar-refractivity contribution is 5.84. The van der Waals surface area contributed by atoms with Crippen LogP contribution in [0.15, 0.2) is 30.3 Å². The lowest BCUT2D eigenvalue weighted by molar-refractivity contribution is -0.146. The summed E-state index contributed by atoms with van der Waals surface area (Å²) in [5, 5.41) is 2.85. The zero-order valence-electron chi connectivity index (χ0n) is 14.9. The molecular formula is C19H29NO3. The summed E-state index contributed by atoms with van der Waals surface area (Å²) in [6, 6.07) is 9.40. The molecule has 4 heteroatoms. The molecule has 0 heterocycles. The lowest BCUT2D eigenvalue weighted by Gasteiger charge is -2.25. The number of rotatable bonds is 7. The number of hydrogen-bond donors (Lipinski definition) is 1. The third-order valence-corrected chi connectivity index (χ3v) is 3.83. The van der Waals surface area contributed by atoms with Crippen LogP contribution in [0.5, 0.6) is 0 Å². The molecule has 0 aliphatic heterocycles. The van der Waals surface area contributed by atoms with Crippen molar-refractivity contribution in [2.24, 2.45) is 5.41 Å². The van der Waals surface area contributed by atoms with E-state index in [0.29, 0.717) is 12.8 Å². The lowest BCUT2D eigenvalue weighted by atomic mass is 9.87. The fourth-order valence-corrected chi connectivity index (χ4v) is 2.65. The molecule has 2 atom stereocenters. The molecule has 0 saturated carbocycles. The molecule has 1 rings (SSSR count). The molecule has 0 saturated heterocycles. The van der Waals surface area contributed by atoms with E-state index in [9.17, 15) is 9.59 Å². The summed E-state index contributed by atoms with van der Waals surface area (Å²) in [5.74, 6) is -0.342. The highest BCUT2D eigenvalue weighted by Crippen LogP contribution is 2.24. The van der Waals surface area contributed by atoms with Gasteiger partial charge in [0.15, 0.2) is 0 Å².